The minimum Gasteiger partial charge on any atom is -0.458 e. The zero-order valence-corrected chi connectivity index (χ0v) is 13.2. The molecule has 4 heteroatoms. The van der Waals surface area contributed by atoms with Crippen LogP contribution >= 0.6 is 15.9 Å². The molecule has 1 heterocycles. The number of para-hydroxylation sites is 1. The van der Waals surface area contributed by atoms with Crippen molar-refractivity contribution in [1.29, 1.82) is 0 Å². The van der Waals surface area contributed by atoms with Gasteiger partial charge in [0.15, 0.2) is 0 Å². The van der Waals surface area contributed by atoms with Gasteiger partial charge in [-0.25, -0.2) is 0 Å². The van der Waals surface area contributed by atoms with Crippen LogP contribution in [0.5, 0.6) is 0 Å². The summed E-state index contributed by atoms with van der Waals surface area (Å²) in [5.41, 5.74) is 2.03. The molecule has 104 valence electrons. The van der Waals surface area contributed by atoms with Gasteiger partial charge in [0.1, 0.15) is 11.3 Å². The highest BCUT2D eigenvalue weighted by atomic mass is 79.9. The van der Waals surface area contributed by atoms with Crippen molar-refractivity contribution in [2.75, 3.05) is 13.7 Å². The number of methoxy groups -OCH3 is 1. The number of fused-ring (bicyclic) bond motifs is 1. The largest absolute Gasteiger partial charge is 0.458 e. The average Bonchev–Trinajstić information content (AvgIpc) is 2.70. The first-order valence-electron chi connectivity index (χ1n) is 6.52. The summed E-state index contributed by atoms with van der Waals surface area (Å²) in [6.07, 6.45) is 0. The third-order valence-corrected chi connectivity index (χ3v) is 3.61. The standard InChI is InChI=1S/C15H20BrNO2/c1-10(2)7-17-8-14-12(9-18-3)11-5-4-6-13(16)15(11)19-14/h4-6,10,17H,7-9H2,1-3H3. The topological polar surface area (TPSA) is 34.4 Å². The molecule has 0 saturated heterocycles. The second-order valence-corrected chi connectivity index (χ2v) is 5.93. The van der Waals surface area contributed by atoms with Gasteiger partial charge in [-0.2, -0.15) is 0 Å². The van der Waals surface area contributed by atoms with Crippen LogP contribution in [0.2, 0.25) is 0 Å². The quantitative estimate of drug-likeness (QED) is 0.868. The molecule has 0 aliphatic carbocycles. The van der Waals surface area contributed by atoms with Gasteiger partial charge in [-0.05, 0) is 34.5 Å². The van der Waals surface area contributed by atoms with E-state index in [-0.39, 0.29) is 0 Å². The van der Waals surface area contributed by atoms with Crippen molar-refractivity contribution in [1.82, 2.24) is 5.32 Å². The maximum absolute atomic E-state index is 5.97. The van der Waals surface area contributed by atoms with Crippen LogP contribution in [-0.4, -0.2) is 13.7 Å². The van der Waals surface area contributed by atoms with E-state index in [1.54, 1.807) is 7.11 Å². The molecule has 1 N–H and O–H groups in total. The van der Waals surface area contributed by atoms with Crippen molar-refractivity contribution in [3.8, 4) is 0 Å². The van der Waals surface area contributed by atoms with E-state index < -0.39 is 0 Å². The molecule has 0 unspecified atom stereocenters. The Hall–Kier alpha value is -0.840. The summed E-state index contributed by atoms with van der Waals surface area (Å²) in [7, 11) is 1.71. The van der Waals surface area contributed by atoms with E-state index in [9.17, 15) is 0 Å². The van der Waals surface area contributed by atoms with E-state index in [0.29, 0.717) is 12.5 Å². The molecule has 2 rings (SSSR count). The lowest BCUT2D eigenvalue weighted by Gasteiger charge is -2.07. The maximum atomic E-state index is 5.97. The fourth-order valence-corrected chi connectivity index (χ4v) is 2.55. The van der Waals surface area contributed by atoms with Gasteiger partial charge in [0.25, 0.3) is 0 Å². The smallest absolute Gasteiger partial charge is 0.148 e. The summed E-state index contributed by atoms with van der Waals surface area (Å²) in [6, 6.07) is 6.09. The Labute approximate surface area is 122 Å². The van der Waals surface area contributed by atoms with Gasteiger partial charge in [-0.3, -0.25) is 0 Å². The van der Waals surface area contributed by atoms with Gasteiger partial charge < -0.3 is 14.5 Å². The molecule has 0 aliphatic rings. The first-order valence-corrected chi connectivity index (χ1v) is 7.31. The second-order valence-electron chi connectivity index (χ2n) is 5.08. The lowest BCUT2D eigenvalue weighted by atomic mass is 10.1. The molecule has 0 amide bonds. The summed E-state index contributed by atoms with van der Waals surface area (Å²) in [6.45, 7) is 6.67. The van der Waals surface area contributed by atoms with Crippen molar-refractivity contribution in [3.63, 3.8) is 0 Å². The van der Waals surface area contributed by atoms with Gasteiger partial charge in [0, 0.05) is 18.1 Å². The van der Waals surface area contributed by atoms with E-state index in [1.165, 1.54) is 0 Å². The molecule has 3 nitrogen and oxygen atoms in total. The van der Waals surface area contributed by atoms with E-state index in [4.69, 9.17) is 9.15 Å². The Morgan fingerprint density at radius 3 is 2.84 bits per heavy atom. The average molecular weight is 326 g/mol. The Kier molecular flexibility index (Phi) is 5.02. The van der Waals surface area contributed by atoms with Crippen molar-refractivity contribution in [2.24, 2.45) is 5.92 Å². The third kappa shape index (κ3) is 3.38. The minimum absolute atomic E-state index is 0.572. The molecule has 19 heavy (non-hydrogen) atoms. The lowest BCUT2D eigenvalue weighted by Crippen LogP contribution is -2.19. The first-order chi connectivity index (χ1) is 9.13. The second kappa shape index (κ2) is 6.55. The number of nitrogens with one attached hydrogen (secondary N) is 1. The van der Waals surface area contributed by atoms with E-state index >= 15 is 0 Å². The molecule has 0 atom stereocenters. The monoisotopic (exact) mass is 325 g/mol. The number of ether oxygens (including phenoxy) is 1. The van der Waals surface area contributed by atoms with E-state index in [1.807, 2.05) is 12.1 Å². The molecular formula is C15H20BrNO2. The molecule has 0 saturated carbocycles. The highest BCUT2D eigenvalue weighted by molar-refractivity contribution is 9.10. The Bertz CT molecular complexity index is 548. The van der Waals surface area contributed by atoms with Crippen LogP contribution < -0.4 is 5.32 Å². The predicted octanol–water partition coefficient (Wildman–Crippen LogP) is 4.09. The summed E-state index contributed by atoms with van der Waals surface area (Å²) in [4.78, 5) is 0. The SMILES string of the molecule is COCc1c(CNCC(C)C)oc2c(Br)cccc12. The molecule has 1 aromatic heterocycles. The Morgan fingerprint density at radius 1 is 1.37 bits per heavy atom. The Balaban J connectivity index is 2.30. The normalized spacial score (nSPS) is 11.6. The minimum atomic E-state index is 0.572. The van der Waals surface area contributed by atoms with Crippen LogP contribution in [-0.2, 0) is 17.9 Å². The molecule has 0 fully saturated rings. The zero-order chi connectivity index (χ0) is 13.8. The number of halogens is 1. The number of hydrogen-bond donors (Lipinski definition) is 1. The summed E-state index contributed by atoms with van der Waals surface area (Å²) >= 11 is 3.53. The summed E-state index contributed by atoms with van der Waals surface area (Å²) < 4.78 is 12.3. The molecule has 1 aromatic carbocycles. The van der Waals surface area contributed by atoms with Gasteiger partial charge in [0.2, 0.25) is 0 Å². The van der Waals surface area contributed by atoms with Crippen molar-refractivity contribution in [3.05, 3.63) is 34.0 Å². The van der Waals surface area contributed by atoms with Crippen LogP contribution in [0.25, 0.3) is 11.0 Å². The Morgan fingerprint density at radius 2 is 2.16 bits per heavy atom. The van der Waals surface area contributed by atoms with Gasteiger partial charge in [-0.15, -0.1) is 0 Å². The fourth-order valence-electron chi connectivity index (χ4n) is 2.10. The van der Waals surface area contributed by atoms with Gasteiger partial charge >= 0.3 is 0 Å². The first kappa shape index (κ1) is 14.6. The van der Waals surface area contributed by atoms with Crippen molar-refractivity contribution >= 4 is 26.9 Å². The number of rotatable bonds is 6. The third-order valence-electron chi connectivity index (χ3n) is 2.98. The van der Waals surface area contributed by atoms with Crippen molar-refractivity contribution < 1.29 is 9.15 Å². The molecule has 0 aliphatic heterocycles. The van der Waals surface area contributed by atoms with E-state index in [0.717, 1.165) is 39.9 Å². The molecular weight excluding hydrogens is 306 g/mol. The fraction of sp³-hybridized carbons (Fsp3) is 0.467. The van der Waals surface area contributed by atoms with Crippen LogP contribution in [0.1, 0.15) is 25.2 Å². The molecule has 0 bridgehead atoms. The molecule has 0 spiro atoms. The molecule has 2 aromatic rings. The highest BCUT2D eigenvalue weighted by Crippen LogP contribution is 2.31. The summed E-state index contributed by atoms with van der Waals surface area (Å²) in [5, 5.41) is 4.54. The highest BCUT2D eigenvalue weighted by Gasteiger charge is 2.15. The number of hydrogen-bond acceptors (Lipinski definition) is 3. The van der Waals surface area contributed by atoms with Gasteiger partial charge in [-0.1, -0.05) is 26.0 Å². The van der Waals surface area contributed by atoms with Crippen LogP contribution in [0.3, 0.4) is 0 Å². The predicted molar refractivity (Wildman–Crippen MR) is 81.2 cm³/mol. The maximum Gasteiger partial charge on any atom is 0.148 e. The van der Waals surface area contributed by atoms with Crippen LogP contribution in [0.15, 0.2) is 27.1 Å². The van der Waals surface area contributed by atoms with Gasteiger partial charge in [0.05, 0.1) is 17.6 Å². The van der Waals surface area contributed by atoms with Crippen LogP contribution in [0.4, 0.5) is 0 Å². The van der Waals surface area contributed by atoms with Crippen molar-refractivity contribution in [2.45, 2.75) is 27.0 Å². The number of benzene rings is 1. The zero-order valence-electron chi connectivity index (χ0n) is 11.6. The number of furan rings is 1. The van der Waals surface area contributed by atoms with E-state index in [2.05, 4.69) is 41.2 Å². The lowest BCUT2D eigenvalue weighted by molar-refractivity contribution is 0.183. The van der Waals surface area contributed by atoms with Crippen LogP contribution in [0, 0.1) is 5.92 Å². The summed E-state index contributed by atoms with van der Waals surface area (Å²) in [5.74, 6) is 1.59. The molecule has 0 radical (unpaired) electrons.